The molecule has 0 atom stereocenters. The van der Waals surface area contributed by atoms with Gasteiger partial charge in [0, 0.05) is 18.8 Å². The minimum Gasteiger partial charge on any atom is -0.478 e. The van der Waals surface area contributed by atoms with Crippen LogP contribution >= 0.6 is 0 Å². The molecule has 0 unspecified atom stereocenters. The summed E-state index contributed by atoms with van der Waals surface area (Å²) in [7, 11) is 0. The fourth-order valence-corrected chi connectivity index (χ4v) is 1.75. The van der Waals surface area contributed by atoms with Crippen LogP contribution in [0.5, 0.6) is 0 Å². The smallest absolute Gasteiger partial charge is 0.335 e. The monoisotopic (exact) mass is 264 g/mol. The van der Waals surface area contributed by atoms with Gasteiger partial charge in [0.2, 0.25) is 0 Å². The van der Waals surface area contributed by atoms with Crippen molar-refractivity contribution in [1.82, 2.24) is 4.90 Å². The third kappa shape index (κ3) is 4.62. The number of anilines is 1. The zero-order valence-corrected chi connectivity index (χ0v) is 11.3. The third-order valence-electron chi connectivity index (χ3n) is 2.66. The van der Waals surface area contributed by atoms with E-state index in [-0.39, 0.29) is 11.6 Å². The van der Waals surface area contributed by atoms with E-state index < -0.39 is 5.97 Å². The van der Waals surface area contributed by atoms with Gasteiger partial charge in [-0.25, -0.2) is 9.59 Å². The maximum atomic E-state index is 12.0. The van der Waals surface area contributed by atoms with E-state index in [1.165, 1.54) is 12.1 Å². The largest absolute Gasteiger partial charge is 0.478 e. The molecule has 0 aliphatic rings. The van der Waals surface area contributed by atoms with Gasteiger partial charge in [-0.05, 0) is 37.1 Å². The van der Waals surface area contributed by atoms with Crippen LogP contribution in [0.3, 0.4) is 0 Å². The highest BCUT2D eigenvalue weighted by molar-refractivity contribution is 5.91. The van der Waals surface area contributed by atoms with Gasteiger partial charge >= 0.3 is 12.0 Å². The van der Waals surface area contributed by atoms with Crippen molar-refractivity contribution in [3.8, 4) is 0 Å². The molecule has 5 heteroatoms. The predicted octanol–water partition coefficient (Wildman–Crippen LogP) is 3.04. The molecule has 2 amide bonds. The highest BCUT2D eigenvalue weighted by atomic mass is 16.4. The molecule has 0 aliphatic carbocycles. The molecule has 1 aromatic rings. The lowest BCUT2D eigenvalue weighted by Gasteiger charge is -2.21. The Hall–Kier alpha value is -2.04. The summed E-state index contributed by atoms with van der Waals surface area (Å²) in [6, 6.07) is 5.99. The van der Waals surface area contributed by atoms with Crippen LogP contribution in [-0.2, 0) is 0 Å². The van der Waals surface area contributed by atoms with E-state index in [0.717, 1.165) is 12.8 Å². The van der Waals surface area contributed by atoms with Gasteiger partial charge in [-0.15, -0.1) is 0 Å². The summed E-state index contributed by atoms with van der Waals surface area (Å²) in [5.41, 5.74) is 0.809. The first-order valence-corrected chi connectivity index (χ1v) is 6.47. The summed E-state index contributed by atoms with van der Waals surface area (Å²) < 4.78 is 0. The molecule has 1 aromatic carbocycles. The zero-order valence-electron chi connectivity index (χ0n) is 11.3. The molecule has 0 radical (unpaired) electrons. The predicted molar refractivity (Wildman–Crippen MR) is 74.6 cm³/mol. The normalized spacial score (nSPS) is 10.0. The van der Waals surface area contributed by atoms with Crippen LogP contribution in [-0.4, -0.2) is 35.1 Å². The van der Waals surface area contributed by atoms with Gasteiger partial charge in [0.15, 0.2) is 0 Å². The molecule has 0 saturated carbocycles. The van der Waals surface area contributed by atoms with Crippen LogP contribution < -0.4 is 5.32 Å². The lowest BCUT2D eigenvalue weighted by atomic mass is 10.2. The molecule has 0 spiro atoms. The van der Waals surface area contributed by atoms with E-state index in [1.54, 1.807) is 17.0 Å². The Morgan fingerprint density at radius 1 is 1.11 bits per heavy atom. The van der Waals surface area contributed by atoms with Crippen molar-refractivity contribution in [2.45, 2.75) is 26.7 Å². The Balaban J connectivity index is 2.66. The number of nitrogens with one attached hydrogen (secondary N) is 1. The molecule has 2 N–H and O–H groups in total. The molecule has 0 aliphatic heterocycles. The number of carbonyl (C=O) groups excluding carboxylic acids is 1. The molecule has 0 fully saturated rings. The summed E-state index contributed by atoms with van der Waals surface area (Å²) in [6.07, 6.45) is 1.82. The van der Waals surface area contributed by atoms with Gasteiger partial charge in [-0.2, -0.15) is 0 Å². The minimum absolute atomic E-state index is 0.147. The number of hydrogen-bond donors (Lipinski definition) is 2. The lowest BCUT2D eigenvalue weighted by Crippen LogP contribution is -2.36. The maximum Gasteiger partial charge on any atom is 0.335 e. The SMILES string of the molecule is CCCN(CCC)C(=O)Nc1ccc(C(=O)O)cc1. The molecule has 5 nitrogen and oxygen atoms in total. The van der Waals surface area contributed by atoms with E-state index >= 15 is 0 Å². The number of carboxylic acids is 1. The van der Waals surface area contributed by atoms with E-state index in [2.05, 4.69) is 5.32 Å². The summed E-state index contributed by atoms with van der Waals surface area (Å²) in [4.78, 5) is 24.5. The Kier molecular flexibility index (Phi) is 5.85. The highest BCUT2D eigenvalue weighted by Crippen LogP contribution is 2.10. The maximum absolute atomic E-state index is 12.0. The number of aromatic carboxylic acids is 1. The Bertz CT molecular complexity index is 423. The fraction of sp³-hybridized carbons (Fsp3) is 0.429. The molecule has 0 heterocycles. The van der Waals surface area contributed by atoms with E-state index in [4.69, 9.17) is 5.11 Å². The molecule has 0 bridgehead atoms. The van der Waals surface area contributed by atoms with Crippen molar-refractivity contribution in [3.63, 3.8) is 0 Å². The van der Waals surface area contributed by atoms with E-state index in [1.807, 2.05) is 13.8 Å². The standard InChI is InChI=1S/C14H20N2O3/c1-3-9-16(10-4-2)14(19)15-12-7-5-11(6-8-12)13(17)18/h5-8H,3-4,9-10H2,1-2H3,(H,15,19)(H,17,18). The number of urea groups is 1. The second-order valence-electron chi connectivity index (χ2n) is 4.30. The first-order valence-electron chi connectivity index (χ1n) is 6.47. The lowest BCUT2D eigenvalue weighted by molar-refractivity contribution is 0.0697. The van der Waals surface area contributed by atoms with Gasteiger partial charge in [-0.3, -0.25) is 0 Å². The van der Waals surface area contributed by atoms with E-state index in [0.29, 0.717) is 18.8 Å². The molecule has 19 heavy (non-hydrogen) atoms. The van der Waals surface area contributed by atoms with Gasteiger partial charge in [-0.1, -0.05) is 13.8 Å². The molecular formula is C14H20N2O3. The van der Waals surface area contributed by atoms with Crippen LogP contribution in [0.25, 0.3) is 0 Å². The van der Waals surface area contributed by atoms with Crippen LogP contribution in [0.15, 0.2) is 24.3 Å². The number of amides is 2. The van der Waals surface area contributed by atoms with Crippen molar-refractivity contribution in [1.29, 1.82) is 0 Å². The summed E-state index contributed by atoms with van der Waals surface area (Å²) >= 11 is 0. The Labute approximate surface area is 113 Å². The molecule has 0 aromatic heterocycles. The van der Waals surface area contributed by atoms with Crippen molar-refractivity contribution < 1.29 is 14.7 Å². The number of hydrogen-bond acceptors (Lipinski definition) is 2. The van der Waals surface area contributed by atoms with Crippen molar-refractivity contribution in [3.05, 3.63) is 29.8 Å². The van der Waals surface area contributed by atoms with Crippen molar-refractivity contribution in [2.24, 2.45) is 0 Å². The number of rotatable bonds is 6. The zero-order chi connectivity index (χ0) is 14.3. The minimum atomic E-state index is -0.975. The summed E-state index contributed by atoms with van der Waals surface area (Å²) in [5.74, 6) is -0.975. The van der Waals surface area contributed by atoms with Crippen LogP contribution in [0.4, 0.5) is 10.5 Å². The molecule has 1 rings (SSSR count). The highest BCUT2D eigenvalue weighted by Gasteiger charge is 2.11. The first-order chi connectivity index (χ1) is 9.08. The Morgan fingerprint density at radius 2 is 1.63 bits per heavy atom. The number of benzene rings is 1. The van der Waals surface area contributed by atoms with Crippen molar-refractivity contribution in [2.75, 3.05) is 18.4 Å². The third-order valence-corrected chi connectivity index (χ3v) is 2.66. The van der Waals surface area contributed by atoms with Gasteiger partial charge in [0.25, 0.3) is 0 Å². The van der Waals surface area contributed by atoms with Crippen LogP contribution in [0, 0.1) is 0 Å². The van der Waals surface area contributed by atoms with Crippen molar-refractivity contribution >= 4 is 17.7 Å². The number of carboxylic acid groups (broad SMARTS) is 1. The average molecular weight is 264 g/mol. The van der Waals surface area contributed by atoms with Crippen LogP contribution in [0.2, 0.25) is 0 Å². The summed E-state index contributed by atoms with van der Waals surface area (Å²) in [6.45, 7) is 5.48. The average Bonchev–Trinajstić information content (AvgIpc) is 2.39. The molecule has 0 saturated heterocycles. The molecule has 104 valence electrons. The van der Waals surface area contributed by atoms with Gasteiger partial charge < -0.3 is 15.3 Å². The van der Waals surface area contributed by atoms with Gasteiger partial charge in [0.1, 0.15) is 0 Å². The molecular weight excluding hydrogens is 244 g/mol. The Morgan fingerprint density at radius 3 is 2.05 bits per heavy atom. The number of carbonyl (C=O) groups is 2. The number of nitrogens with zero attached hydrogens (tertiary/aromatic N) is 1. The second-order valence-corrected chi connectivity index (χ2v) is 4.30. The second kappa shape index (κ2) is 7.41. The fourth-order valence-electron chi connectivity index (χ4n) is 1.75. The quantitative estimate of drug-likeness (QED) is 0.829. The van der Waals surface area contributed by atoms with Gasteiger partial charge in [0.05, 0.1) is 5.56 Å². The topological polar surface area (TPSA) is 69.6 Å². The van der Waals surface area contributed by atoms with Crippen LogP contribution in [0.1, 0.15) is 37.0 Å². The summed E-state index contributed by atoms with van der Waals surface area (Å²) in [5, 5.41) is 11.6. The first kappa shape index (κ1) is 15.0. The van der Waals surface area contributed by atoms with E-state index in [9.17, 15) is 9.59 Å².